The second kappa shape index (κ2) is 11.1. The Morgan fingerprint density at radius 3 is 2.29 bits per heavy atom. The summed E-state index contributed by atoms with van der Waals surface area (Å²) in [6, 6.07) is 14.4. The van der Waals surface area contributed by atoms with E-state index in [1.54, 1.807) is 53.0 Å². The summed E-state index contributed by atoms with van der Waals surface area (Å²) in [7, 11) is -1.53. The maximum absolute atomic E-state index is 13.4. The fourth-order valence-corrected chi connectivity index (χ4v) is 5.92. The number of halogens is 1. The topological polar surface area (TPSA) is 90.5 Å². The molecule has 2 heterocycles. The van der Waals surface area contributed by atoms with E-state index in [1.165, 1.54) is 12.1 Å². The molecular weight excluding hydrogens is 467 g/mol. The number of hydrogen-bond donors (Lipinski definition) is 2. The van der Waals surface area contributed by atoms with E-state index in [-0.39, 0.29) is 16.8 Å². The molecule has 35 heavy (non-hydrogen) atoms. The third-order valence-corrected chi connectivity index (χ3v) is 7.99. The van der Waals surface area contributed by atoms with Gasteiger partial charge in [-0.3, -0.25) is 0 Å². The summed E-state index contributed by atoms with van der Waals surface area (Å²) in [6.45, 7) is 4.32. The molecule has 3 aromatic rings. The Morgan fingerprint density at radius 1 is 1.00 bits per heavy atom. The molecule has 1 fully saturated rings. The minimum Gasteiger partial charge on any atom is -0.340 e. The number of anilines is 4. The lowest BCUT2D eigenvalue weighted by atomic mass is 10.1. The lowest BCUT2D eigenvalue weighted by Gasteiger charge is -2.36. The Balaban J connectivity index is 1.46. The van der Waals surface area contributed by atoms with Crippen molar-refractivity contribution in [2.24, 2.45) is 0 Å². The first-order valence-corrected chi connectivity index (χ1v) is 13.2. The highest BCUT2D eigenvalue weighted by Gasteiger charge is 2.32. The summed E-state index contributed by atoms with van der Waals surface area (Å²) in [5, 5.41) is 6.20. The van der Waals surface area contributed by atoms with Crippen molar-refractivity contribution in [2.75, 3.05) is 37.3 Å². The molecule has 8 nitrogen and oxygen atoms in total. The first kappa shape index (κ1) is 25.0. The maximum atomic E-state index is 13.4. The molecular formula is C25H31FN6O2S. The van der Waals surface area contributed by atoms with E-state index < -0.39 is 10.0 Å². The molecule has 2 aromatic carbocycles. The fraction of sp³-hybridized carbons (Fsp3) is 0.360. The zero-order valence-corrected chi connectivity index (χ0v) is 20.8. The second-order valence-corrected chi connectivity index (χ2v) is 10.6. The van der Waals surface area contributed by atoms with Gasteiger partial charge in [0.2, 0.25) is 16.0 Å². The van der Waals surface area contributed by atoms with Gasteiger partial charge >= 0.3 is 0 Å². The average Bonchev–Trinajstić information content (AvgIpc) is 2.85. The van der Waals surface area contributed by atoms with E-state index >= 15 is 0 Å². The van der Waals surface area contributed by atoms with E-state index in [0.29, 0.717) is 29.7 Å². The van der Waals surface area contributed by atoms with Crippen molar-refractivity contribution in [1.82, 2.24) is 19.2 Å². The summed E-state index contributed by atoms with van der Waals surface area (Å²) >= 11 is 0. The summed E-state index contributed by atoms with van der Waals surface area (Å²) in [5.74, 6) is 0.587. The van der Waals surface area contributed by atoms with Crippen LogP contribution in [0.5, 0.6) is 0 Å². The van der Waals surface area contributed by atoms with Gasteiger partial charge in [0.1, 0.15) is 11.6 Å². The average molecular weight is 499 g/mol. The molecule has 2 N–H and O–H groups in total. The molecule has 0 spiro atoms. The Kier molecular flexibility index (Phi) is 7.94. The highest BCUT2D eigenvalue weighted by atomic mass is 32.2. The van der Waals surface area contributed by atoms with Gasteiger partial charge in [0.25, 0.3) is 0 Å². The lowest BCUT2D eigenvalue weighted by molar-refractivity contribution is 0.182. The highest BCUT2D eigenvalue weighted by Crippen LogP contribution is 2.26. The molecule has 0 saturated carbocycles. The van der Waals surface area contributed by atoms with Gasteiger partial charge in [0, 0.05) is 30.2 Å². The smallest absolute Gasteiger partial charge is 0.243 e. The van der Waals surface area contributed by atoms with Gasteiger partial charge < -0.3 is 15.5 Å². The predicted octanol–water partition coefficient (Wildman–Crippen LogP) is 4.60. The monoisotopic (exact) mass is 498 g/mol. The van der Waals surface area contributed by atoms with Crippen molar-refractivity contribution in [3.8, 4) is 0 Å². The molecule has 186 valence electrons. The van der Waals surface area contributed by atoms with E-state index in [4.69, 9.17) is 0 Å². The van der Waals surface area contributed by atoms with Crippen LogP contribution in [0, 0.1) is 5.82 Å². The minimum absolute atomic E-state index is 0.0266. The molecule has 1 aliphatic rings. The van der Waals surface area contributed by atoms with Crippen molar-refractivity contribution in [3.63, 3.8) is 0 Å². The van der Waals surface area contributed by atoms with Crippen LogP contribution in [0.2, 0.25) is 0 Å². The van der Waals surface area contributed by atoms with E-state index in [9.17, 15) is 12.8 Å². The second-order valence-electron chi connectivity index (χ2n) is 8.70. The molecule has 0 unspecified atom stereocenters. The summed E-state index contributed by atoms with van der Waals surface area (Å²) < 4.78 is 41.7. The standard InChI is InChI=1S/C25H31FN6O2S/c1-3-16-32(22-13-17-31(2)18-14-22)35(33,34)23-10-8-21(9-11-23)29-25-27-15-12-24(30-25)28-20-6-4-19(26)5-7-20/h4-12,15,22H,3,13-14,16-18H2,1-2H3,(H2,27,28,29,30). The number of nitrogens with one attached hydrogen (secondary N) is 2. The van der Waals surface area contributed by atoms with Crippen molar-refractivity contribution in [3.05, 3.63) is 66.6 Å². The van der Waals surface area contributed by atoms with Crippen molar-refractivity contribution in [2.45, 2.75) is 37.1 Å². The van der Waals surface area contributed by atoms with E-state index in [0.717, 1.165) is 32.4 Å². The first-order chi connectivity index (χ1) is 16.8. The number of rotatable bonds is 9. The highest BCUT2D eigenvalue weighted by molar-refractivity contribution is 7.89. The van der Waals surface area contributed by atoms with E-state index in [2.05, 4.69) is 32.5 Å². The molecule has 0 radical (unpaired) electrons. The fourth-order valence-electron chi connectivity index (χ4n) is 4.15. The van der Waals surface area contributed by atoms with Crippen molar-refractivity contribution in [1.29, 1.82) is 0 Å². The van der Waals surface area contributed by atoms with Crippen LogP contribution >= 0.6 is 0 Å². The minimum atomic E-state index is -3.60. The largest absolute Gasteiger partial charge is 0.340 e. The number of benzene rings is 2. The van der Waals surface area contributed by atoms with Crippen LogP contribution in [0.4, 0.5) is 27.5 Å². The normalized spacial score (nSPS) is 15.3. The summed E-state index contributed by atoms with van der Waals surface area (Å²) in [4.78, 5) is 11.2. The van der Waals surface area contributed by atoms with Crippen LogP contribution in [-0.4, -0.2) is 60.3 Å². The van der Waals surface area contributed by atoms with Crippen LogP contribution in [0.25, 0.3) is 0 Å². The van der Waals surface area contributed by atoms with Gasteiger partial charge in [-0.15, -0.1) is 0 Å². The molecule has 0 bridgehead atoms. The molecule has 0 atom stereocenters. The molecule has 0 amide bonds. The predicted molar refractivity (Wildman–Crippen MR) is 136 cm³/mol. The van der Waals surface area contributed by atoms with Crippen LogP contribution in [0.15, 0.2) is 65.7 Å². The number of piperidine rings is 1. The van der Waals surface area contributed by atoms with Gasteiger partial charge in [-0.1, -0.05) is 6.92 Å². The van der Waals surface area contributed by atoms with Gasteiger partial charge in [-0.05, 0) is 94.0 Å². The third kappa shape index (κ3) is 6.33. The molecule has 4 rings (SSSR count). The lowest BCUT2D eigenvalue weighted by Crippen LogP contribution is -2.46. The van der Waals surface area contributed by atoms with Gasteiger partial charge in [-0.2, -0.15) is 9.29 Å². The van der Waals surface area contributed by atoms with Gasteiger partial charge in [0.15, 0.2) is 0 Å². The van der Waals surface area contributed by atoms with Crippen molar-refractivity contribution >= 4 is 33.2 Å². The number of aromatic nitrogens is 2. The Morgan fingerprint density at radius 2 is 1.63 bits per heavy atom. The number of sulfonamides is 1. The zero-order chi connectivity index (χ0) is 24.8. The van der Waals surface area contributed by atoms with Crippen LogP contribution in [0.3, 0.4) is 0 Å². The Labute approximate surface area is 206 Å². The van der Waals surface area contributed by atoms with Gasteiger partial charge in [0.05, 0.1) is 4.90 Å². The van der Waals surface area contributed by atoms with Crippen LogP contribution < -0.4 is 10.6 Å². The van der Waals surface area contributed by atoms with Crippen LogP contribution in [0.1, 0.15) is 26.2 Å². The number of hydrogen-bond acceptors (Lipinski definition) is 7. The number of nitrogens with zero attached hydrogens (tertiary/aromatic N) is 4. The SMILES string of the molecule is CCCN(C1CCN(C)CC1)S(=O)(=O)c1ccc(Nc2nccc(Nc3ccc(F)cc3)n2)cc1. The molecule has 0 aliphatic carbocycles. The van der Waals surface area contributed by atoms with Crippen molar-refractivity contribution < 1.29 is 12.8 Å². The first-order valence-electron chi connectivity index (χ1n) is 11.8. The molecule has 1 aliphatic heterocycles. The third-order valence-electron chi connectivity index (χ3n) is 6.03. The Hall–Kier alpha value is -3.08. The molecule has 10 heteroatoms. The van der Waals surface area contributed by atoms with Gasteiger partial charge in [-0.25, -0.2) is 17.8 Å². The van der Waals surface area contributed by atoms with Crippen LogP contribution in [-0.2, 0) is 10.0 Å². The maximum Gasteiger partial charge on any atom is 0.243 e. The quantitative estimate of drug-likeness (QED) is 0.446. The van der Waals surface area contributed by atoms with E-state index in [1.807, 2.05) is 6.92 Å². The summed E-state index contributed by atoms with van der Waals surface area (Å²) in [6.07, 6.45) is 4.05. The molecule has 1 saturated heterocycles. The molecule has 1 aromatic heterocycles. The number of likely N-dealkylation sites (tertiary alicyclic amines) is 1. The zero-order valence-electron chi connectivity index (χ0n) is 20.0. The summed E-state index contributed by atoms with van der Waals surface area (Å²) in [5.41, 5.74) is 1.37. The Bertz CT molecular complexity index is 1210.